The predicted molar refractivity (Wildman–Crippen MR) is 89.0 cm³/mol. The summed E-state index contributed by atoms with van der Waals surface area (Å²) in [6.07, 6.45) is 0.807. The molecule has 0 bridgehead atoms. The van der Waals surface area contributed by atoms with Gasteiger partial charge in [-0.2, -0.15) is 8.42 Å². The first-order valence-electron chi connectivity index (χ1n) is 6.95. The van der Waals surface area contributed by atoms with Gasteiger partial charge in [-0.25, -0.2) is 4.79 Å². The lowest BCUT2D eigenvalue weighted by molar-refractivity contribution is -0.163. The number of rotatable bonds is 10. The number of carbonyl (C=O) groups excluding carboxylic acids is 2. The average Bonchev–Trinajstić information content (AvgIpc) is 2.42. The van der Waals surface area contributed by atoms with Crippen LogP contribution in [0.3, 0.4) is 0 Å². The SMILES string of the molecule is [CH2]C(C(OC(=O)CCCCC)C(C)OC(=O)C=C)S(=O)(=O)O.[MgH2]. The number of carbonyl (C=O) groups is 2. The predicted octanol–water partition coefficient (Wildman–Crippen LogP) is 0.770. The van der Waals surface area contributed by atoms with Gasteiger partial charge in [0.25, 0.3) is 10.1 Å². The van der Waals surface area contributed by atoms with Crippen LogP contribution in [0.2, 0.25) is 0 Å². The molecule has 0 saturated carbocycles. The largest absolute Gasteiger partial charge is 0.457 e. The van der Waals surface area contributed by atoms with Crippen LogP contribution in [-0.4, -0.2) is 65.4 Å². The minimum Gasteiger partial charge on any atom is -0.457 e. The van der Waals surface area contributed by atoms with Crippen LogP contribution >= 0.6 is 0 Å². The molecule has 0 aromatic rings. The summed E-state index contributed by atoms with van der Waals surface area (Å²) in [6, 6.07) is 0. The summed E-state index contributed by atoms with van der Waals surface area (Å²) in [7, 11) is -4.57. The summed E-state index contributed by atoms with van der Waals surface area (Å²) in [5, 5.41) is -1.67. The van der Waals surface area contributed by atoms with Gasteiger partial charge in [0.15, 0.2) is 6.10 Å². The topological polar surface area (TPSA) is 107 Å². The number of esters is 2. The summed E-state index contributed by atoms with van der Waals surface area (Å²) >= 11 is 0. The van der Waals surface area contributed by atoms with Crippen molar-refractivity contribution in [1.29, 1.82) is 0 Å². The van der Waals surface area contributed by atoms with Gasteiger partial charge in [-0.15, -0.1) is 0 Å². The molecule has 0 rings (SSSR count). The van der Waals surface area contributed by atoms with Gasteiger partial charge in [0.1, 0.15) is 11.4 Å². The highest BCUT2D eigenvalue weighted by atomic mass is 32.2. The van der Waals surface area contributed by atoms with E-state index in [0.29, 0.717) is 6.42 Å². The standard InChI is InChI=1S/C14H23O7S.Mg.2H/c1-5-7-8-9-13(16)21-14(11(4)22(17,18)19)10(3)20-12(15)6-2;;;/h6,10-11,14H,2,4-5,7-9H2,1,3H3,(H,17,18,19);;;. The van der Waals surface area contributed by atoms with Crippen molar-refractivity contribution in [3.63, 3.8) is 0 Å². The van der Waals surface area contributed by atoms with Crippen molar-refractivity contribution >= 4 is 45.1 Å². The van der Waals surface area contributed by atoms with Crippen molar-refractivity contribution in [2.45, 2.75) is 57.0 Å². The first-order valence-corrected chi connectivity index (χ1v) is 8.45. The van der Waals surface area contributed by atoms with E-state index < -0.39 is 39.5 Å². The second-order valence-corrected chi connectivity index (χ2v) is 6.45. The zero-order valence-electron chi connectivity index (χ0n) is 12.9. The highest BCUT2D eigenvalue weighted by molar-refractivity contribution is 7.86. The maximum atomic E-state index is 11.7. The van der Waals surface area contributed by atoms with E-state index in [9.17, 15) is 18.0 Å². The van der Waals surface area contributed by atoms with Crippen LogP contribution in [-0.2, 0) is 29.2 Å². The van der Waals surface area contributed by atoms with Gasteiger partial charge in [0, 0.05) is 12.5 Å². The maximum Gasteiger partial charge on any atom is 0.330 e. The van der Waals surface area contributed by atoms with E-state index in [1.165, 1.54) is 6.92 Å². The van der Waals surface area contributed by atoms with Crippen molar-refractivity contribution in [1.82, 2.24) is 0 Å². The molecule has 0 aliphatic carbocycles. The molecule has 0 spiro atoms. The molecule has 1 N–H and O–H groups in total. The molecule has 0 aliphatic rings. The molecule has 0 heterocycles. The monoisotopic (exact) mass is 361 g/mol. The van der Waals surface area contributed by atoms with Crippen LogP contribution in [0.5, 0.6) is 0 Å². The molecular formula is C14H25MgO7S. The molecule has 23 heavy (non-hydrogen) atoms. The third-order valence-electron chi connectivity index (χ3n) is 2.93. The molecule has 0 aromatic heterocycles. The third-order valence-corrected chi connectivity index (χ3v) is 3.97. The Labute approximate surface area is 153 Å². The van der Waals surface area contributed by atoms with Crippen LogP contribution in [0, 0.1) is 6.92 Å². The Bertz CT molecular complexity index is 489. The van der Waals surface area contributed by atoms with Gasteiger partial charge in [-0.1, -0.05) is 26.3 Å². The summed E-state index contributed by atoms with van der Waals surface area (Å²) in [6.45, 7) is 9.80. The van der Waals surface area contributed by atoms with Gasteiger partial charge in [0.05, 0.1) is 0 Å². The van der Waals surface area contributed by atoms with Crippen LogP contribution < -0.4 is 0 Å². The van der Waals surface area contributed by atoms with Crippen molar-refractivity contribution in [3.05, 3.63) is 19.6 Å². The van der Waals surface area contributed by atoms with Crippen LogP contribution in [0.1, 0.15) is 39.5 Å². The van der Waals surface area contributed by atoms with Crippen molar-refractivity contribution < 1.29 is 32.0 Å². The van der Waals surface area contributed by atoms with E-state index in [1.54, 1.807) is 0 Å². The molecule has 0 aromatic carbocycles. The molecule has 1 radical (unpaired) electrons. The smallest absolute Gasteiger partial charge is 0.330 e. The molecule has 9 heteroatoms. The first-order chi connectivity index (χ1) is 10.1. The van der Waals surface area contributed by atoms with Crippen LogP contribution in [0.15, 0.2) is 12.7 Å². The number of unbranched alkanes of at least 4 members (excludes halogenated alkanes) is 2. The van der Waals surface area contributed by atoms with Gasteiger partial charge >= 0.3 is 35.0 Å². The highest BCUT2D eigenvalue weighted by Gasteiger charge is 2.37. The van der Waals surface area contributed by atoms with E-state index in [0.717, 1.165) is 18.9 Å². The zero-order valence-corrected chi connectivity index (χ0v) is 13.7. The first kappa shape index (κ1) is 24.6. The fourth-order valence-electron chi connectivity index (χ4n) is 1.67. The number of hydrogen-bond acceptors (Lipinski definition) is 6. The summed E-state index contributed by atoms with van der Waals surface area (Å²) < 4.78 is 41.4. The Morgan fingerprint density at radius 3 is 2.26 bits per heavy atom. The van der Waals surface area contributed by atoms with E-state index in [1.807, 2.05) is 6.92 Å². The zero-order chi connectivity index (χ0) is 17.3. The Morgan fingerprint density at radius 1 is 1.26 bits per heavy atom. The Morgan fingerprint density at radius 2 is 1.83 bits per heavy atom. The van der Waals surface area contributed by atoms with Gasteiger partial charge < -0.3 is 9.47 Å². The van der Waals surface area contributed by atoms with Gasteiger partial charge in [-0.05, 0) is 20.3 Å². The fraction of sp³-hybridized carbons (Fsp3) is 0.643. The minimum absolute atomic E-state index is 0. The van der Waals surface area contributed by atoms with Crippen molar-refractivity contribution in [3.8, 4) is 0 Å². The van der Waals surface area contributed by atoms with Crippen molar-refractivity contribution in [2.75, 3.05) is 0 Å². The molecule has 0 saturated heterocycles. The summed E-state index contributed by atoms with van der Waals surface area (Å²) in [5.74, 6) is -1.45. The highest BCUT2D eigenvalue weighted by Crippen LogP contribution is 2.16. The normalized spacial score (nSPS) is 14.8. The molecule has 0 amide bonds. The molecule has 0 aliphatic heterocycles. The molecule has 3 atom stereocenters. The van der Waals surface area contributed by atoms with E-state index >= 15 is 0 Å². The van der Waals surface area contributed by atoms with E-state index in [4.69, 9.17) is 14.0 Å². The van der Waals surface area contributed by atoms with Gasteiger partial charge in [-0.3, -0.25) is 9.35 Å². The number of ether oxygens (including phenoxy) is 2. The quantitative estimate of drug-likeness (QED) is 0.201. The van der Waals surface area contributed by atoms with E-state index in [-0.39, 0.29) is 29.5 Å². The Kier molecular flexibility index (Phi) is 12.7. The molecular weight excluding hydrogens is 337 g/mol. The average molecular weight is 362 g/mol. The second-order valence-electron chi connectivity index (χ2n) is 4.81. The number of hydrogen-bond donors (Lipinski definition) is 1. The molecule has 7 nitrogen and oxygen atoms in total. The Balaban J connectivity index is 0. The third kappa shape index (κ3) is 9.95. The minimum atomic E-state index is -4.57. The lowest BCUT2D eigenvalue weighted by Gasteiger charge is -2.27. The Hall–Kier alpha value is -0.644. The van der Waals surface area contributed by atoms with E-state index in [2.05, 4.69) is 13.5 Å². The van der Waals surface area contributed by atoms with Crippen LogP contribution in [0.4, 0.5) is 0 Å². The van der Waals surface area contributed by atoms with Gasteiger partial charge in [0.2, 0.25) is 0 Å². The maximum absolute atomic E-state index is 11.7. The lowest BCUT2D eigenvalue weighted by atomic mass is 10.1. The summed E-state index contributed by atoms with van der Waals surface area (Å²) in [5.41, 5.74) is 0. The lowest BCUT2D eigenvalue weighted by Crippen LogP contribution is -2.44. The molecule has 0 fully saturated rings. The molecule has 131 valence electrons. The second kappa shape index (κ2) is 11.8. The van der Waals surface area contributed by atoms with Crippen molar-refractivity contribution in [2.24, 2.45) is 0 Å². The fourth-order valence-corrected chi connectivity index (χ4v) is 2.29. The summed E-state index contributed by atoms with van der Waals surface area (Å²) in [4.78, 5) is 22.9. The molecule has 3 unspecified atom stereocenters. The van der Waals surface area contributed by atoms with Crippen LogP contribution in [0.25, 0.3) is 0 Å².